The van der Waals surface area contributed by atoms with Crippen LogP contribution in [0.5, 0.6) is 5.75 Å². The number of benzene rings is 1. The van der Waals surface area contributed by atoms with Gasteiger partial charge < -0.3 is 10.4 Å². The van der Waals surface area contributed by atoms with Crippen LogP contribution in [0, 0.1) is 0 Å². The van der Waals surface area contributed by atoms with Crippen molar-refractivity contribution < 1.29 is 18.3 Å². The van der Waals surface area contributed by atoms with Crippen LogP contribution in [0.2, 0.25) is 0 Å². The van der Waals surface area contributed by atoms with E-state index < -0.39 is 17.5 Å². The average Bonchev–Trinajstić information content (AvgIpc) is 2.21. The van der Waals surface area contributed by atoms with E-state index in [0.717, 1.165) is 6.08 Å². The van der Waals surface area contributed by atoms with Gasteiger partial charge in [0.25, 0.3) is 0 Å². The van der Waals surface area contributed by atoms with Crippen LogP contribution < -0.4 is 5.32 Å². The molecule has 2 rings (SSSR count). The minimum atomic E-state index is -4.46. The third-order valence-corrected chi connectivity index (χ3v) is 2.94. The fourth-order valence-electron chi connectivity index (χ4n) is 1.61. The largest absolute Gasteiger partial charge is 0.506 e. The molecule has 0 bridgehead atoms. The zero-order chi connectivity index (χ0) is 11.9. The third kappa shape index (κ3) is 1.77. The van der Waals surface area contributed by atoms with Crippen LogP contribution in [0.1, 0.15) is 5.56 Å². The minimum Gasteiger partial charge on any atom is -0.506 e. The molecule has 0 saturated carbocycles. The molecule has 2 N–H and O–H groups in total. The summed E-state index contributed by atoms with van der Waals surface area (Å²) >= 11 is 3.00. The SMILES string of the molecule is Oc1c(Br)ccc2c1C(C(F)(F)F)=CCN2. The van der Waals surface area contributed by atoms with E-state index in [-0.39, 0.29) is 22.3 Å². The molecule has 0 aliphatic carbocycles. The van der Waals surface area contributed by atoms with Crippen LogP contribution in [0.4, 0.5) is 18.9 Å². The van der Waals surface area contributed by atoms with E-state index >= 15 is 0 Å². The second kappa shape index (κ2) is 3.69. The van der Waals surface area contributed by atoms with Gasteiger partial charge in [0, 0.05) is 12.2 Å². The summed E-state index contributed by atoms with van der Waals surface area (Å²) < 4.78 is 38.4. The molecule has 1 aromatic rings. The summed E-state index contributed by atoms with van der Waals surface area (Å²) in [5.41, 5.74) is -0.719. The molecule has 16 heavy (non-hydrogen) atoms. The maximum Gasteiger partial charge on any atom is 0.416 e. The highest BCUT2D eigenvalue weighted by molar-refractivity contribution is 9.10. The molecular formula is C10H7BrF3NO. The fraction of sp³-hybridized carbons (Fsp3) is 0.200. The average molecular weight is 294 g/mol. The molecule has 0 atom stereocenters. The Labute approximate surface area is 97.9 Å². The summed E-state index contributed by atoms with van der Waals surface area (Å²) in [4.78, 5) is 0. The molecule has 6 heteroatoms. The van der Waals surface area contributed by atoms with Crippen LogP contribution in [-0.4, -0.2) is 17.8 Å². The van der Waals surface area contributed by atoms with Gasteiger partial charge in [0.15, 0.2) is 0 Å². The summed E-state index contributed by atoms with van der Waals surface area (Å²) in [6.45, 7) is 0.100. The van der Waals surface area contributed by atoms with Gasteiger partial charge >= 0.3 is 6.18 Å². The number of nitrogens with one attached hydrogen (secondary N) is 1. The van der Waals surface area contributed by atoms with Gasteiger partial charge in [-0.15, -0.1) is 0 Å². The Kier molecular flexibility index (Phi) is 2.61. The molecule has 86 valence electrons. The van der Waals surface area contributed by atoms with E-state index in [0.29, 0.717) is 0 Å². The number of alkyl halides is 3. The Balaban J connectivity index is 2.65. The van der Waals surface area contributed by atoms with Gasteiger partial charge in [0.2, 0.25) is 0 Å². The van der Waals surface area contributed by atoms with Crippen molar-refractivity contribution in [1.82, 2.24) is 0 Å². The fourth-order valence-corrected chi connectivity index (χ4v) is 1.94. The summed E-state index contributed by atoms with van der Waals surface area (Å²) in [6, 6.07) is 3.00. The van der Waals surface area contributed by atoms with Gasteiger partial charge in [0.1, 0.15) is 5.75 Å². The van der Waals surface area contributed by atoms with Crippen molar-refractivity contribution in [1.29, 1.82) is 0 Å². The first kappa shape index (κ1) is 11.3. The quantitative estimate of drug-likeness (QED) is 0.767. The lowest BCUT2D eigenvalue weighted by atomic mass is 9.99. The first-order valence-electron chi connectivity index (χ1n) is 4.44. The Hall–Kier alpha value is -1.17. The van der Waals surface area contributed by atoms with Crippen molar-refractivity contribution in [3.8, 4) is 5.75 Å². The van der Waals surface area contributed by atoms with Crippen LogP contribution >= 0.6 is 15.9 Å². The van der Waals surface area contributed by atoms with E-state index in [4.69, 9.17) is 0 Å². The summed E-state index contributed by atoms with van der Waals surface area (Å²) in [6.07, 6.45) is -3.44. The molecule has 0 amide bonds. The number of phenols is 1. The summed E-state index contributed by atoms with van der Waals surface area (Å²) in [5, 5.41) is 12.4. The van der Waals surface area contributed by atoms with Crippen LogP contribution in [0.15, 0.2) is 22.7 Å². The molecule has 1 aliphatic heterocycles. The molecule has 1 aliphatic rings. The molecule has 0 radical (unpaired) electrons. The summed E-state index contributed by atoms with van der Waals surface area (Å²) in [7, 11) is 0. The number of phenolic OH excluding ortho intramolecular Hbond substituents is 1. The van der Waals surface area contributed by atoms with Gasteiger partial charge in [-0.2, -0.15) is 13.2 Å². The van der Waals surface area contributed by atoms with Gasteiger partial charge in [0.05, 0.1) is 15.6 Å². The molecule has 1 heterocycles. The number of halogens is 4. The predicted octanol–water partition coefficient (Wildman–Crippen LogP) is 3.53. The monoisotopic (exact) mass is 293 g/mol. The van der Waals surface area contributed by atoms with Gasteiger partial charge in [-0.05, 0) is 28.1 Å². The number of fused-ring (bicyclic) bond motifs is 1. The maximum absolute atomic E-state index is 12.7. The van der Waals surface area contributed by atoms with Crippen molar-refractivity contribution in [2.75, 3.05) is 11.9 Å². The molecule has 0 saturated heterocycles. The van der Waals surface area contributed by atoms with Crippen molar-refractivity contribution in [3.05, 3.63) is 28.2 Å². The van der Waals surface area contributed by atoms with Crippen molar-refractivity contribution in [3.63, 3.8) is 0 Å². The number of aromatic hydroxyl groups is 1. The number of rotatable bonds is 0. The van der Waals surface area contributed by atoms with E-state index in [1.54, 1.807) is 0 Å². The first-order valence-corrected chi connectivity index (χ1v) is 5.23. The van der Waals surface area contributed by atoms with Gasteiger partial charge in [-0.25, -0.2) is 0 Å². The minimum absolute atomic E-state index is 0.100. The Morgan fingerprint density at radius 3 is 2.62 bits per heavy atom. The number of allylic oxidation sites excluding steroid dienone is 1. The van der Waals surface area contributed by atoms with E-state index in [1.807, 2.05) is 0 Å². The molecule has 0 spiro atoms. The van der Waals surface area contributed by atoms with Gasteiger partial charge in [-0.1, -0.05) is 6.08 Å². The Bertz CT molecular complexity index is 468. The van der Waals surface area contributed by atoms with Crippen LogP contribution in [0.3, 0.4) is 0 Å². The molecule has 2 nitrogen and oxygen atoms in total. The second-order valence-electron chi connectivity index (χ2n) is 3.32. The zero-order valence-corrected chi connectivity index (χ0v) is 9.48. The molecule has 1 aromatic carbocycles. The molecule has 0 unspecified atom stereocenters. The Morgan fingerprint density at radius 1 is 1.31 bits per heavy atom. The van der Waals surface area contributed by atoms with Crippen molar-refractivity contribution >= 4 is 27.2 Å². The van der Waals surface area contributed by atoms with E-state index in [2.05, 4.69) is 21.2 Å². The maximum atomic E-state index is 12.7. The number of hydrogen-bond donors (Lipinski definition) is 2. The first-order chi connectivity index (χ1) is 7.41. The topological polar surface area (TPSA) is 32.3 Å². The predicted molar refractivity (Wildman–Crippen MR) is 58.3 cm³/mol. The van der Waals surface area contributed by atoms with Crippen molar-refractivity contribution in [2.45, 2.75) is 6.18 Å². The molecule has 0 fully saturated rings. The zero-order valence-electron chi connectivity index (χ0n) is 7.90. The lowest BCUT2D eigenvalue weighted by Crippen LogP contribution is -2.18. The van der Waals surface area contributed by atoms with Crippen molar-refractivity contribution in [2.24, 2.45) is 0 Å². The molecule has 0 aromatic heterocycles. The highest BCUT2D eigenvalue weighted by Crippen LogP contribution is 2.45. The normalized spacial score (nSPS) is 15.1. The lowest BCUT2D eigenvalue weighted by molar-refractivity contribution is -0.0691. The smallest absolute Gasteiger partial charge is 0.416 e. The standard InChI is InChI=1S/C10H7BrF3NO/c11-6-1-2-7-8(9(6)16)5(3-4-15-7)10(12,13)14/h1-3,15-16H,4H2. The summed E-state index contributed by atoms with van der Waals surface area (Å²) in [5.74, 6) is -0.395. The van der Waals surface area contributed by atoms with Gasteiger partial charge in [-0.3, -0.25) is 0 Å². The Morgan fingerprint density at radius 2 is 2.00 bits per heavy atom. The number of anilines is 1. The highest BCUT2D eigenvalue weighted by atomic mass is 79.9. The van der Waals surface area contributed by atoms with E-state index in [9.17, 15) is 18.3 Å². The molecular weight excluding hydrogens is 287 g/mol. The van der Waals surface area contributed by atoms with Crippen LogP contribution in [0.25, 0.3) is 5.57 Å². The van der Waals surface area contributed by atoms with E-state index in [1.165, 1.54) is 12.1 Å². The third-order valence-electron chi connectivity index (χ3n) is 2.30. The lowest BCUT2D eigenvalue weighted by Gasteiger charge is -2.22. The number of hydrogen-bond acceptors (Lipinski definition) is 2. The highest BCUT2D eigenvalue weighted by Gasteiger charge is 2.38. The van der Waals surface area contributed by atoms with Crippen LogP contribution in [-0.2, 0) is 0 Å². The second-order valence-corrected chi connectivity index (χ2v) is 4.17.